The Bertz CT molecular complexity index is 603. The molecular formula is C16H17ClFNO. The lowest BCUT2D eigenvalue weighted by Crippen LogP contribution is -2.22. The summed E-state index contributed by atoms with van der Waals surface area (Å²) in [6.45, 7) is 3.97. The Morgan fingerprint density at radius 2 is 1.85 bits per heavy atom. The number of rotatable bonds is 4. The predicted octanol–water partition coefficient (Wildman–Crippen LogP) is 4.60. The van der Waals surface area contributed by atoms with Gasteiger partial charge in [0.05, 0.1) is 0 Å². The molecule has 2 aromatic rings. The fourth-order valence-electron chi connectivity index (χ4n) is 2.21. The van der Waals surface area contributed by atoms with Gasteiger partial charge in [0, 0.05) is 17.1 Å². The van der Waals surface area contributed by atoms with Crippen LogP contribution in [0.3, 0.4) is 0 Å². The first kappa shape index (κ1) is 14.8. The largest absolute Gasteiger partial charge is 0.508 e. The van der Waals surface area contributed by atoms with Crippen molar-refractivity contribution in [3.8, 4) is 5.75 Å². The second-order valence-electron chi connectivity index (χ2n) is 4.87. The number of hydrogen-bond donors (Lipinski definition) is 2. The highest BCUT2D eigenvalue weighted by Gasteiger charge is 2.14. The van der Waals surface area contributed by atoms with Crippen molar-refractivity contribution in [3.63, 3.8) is 0 Å². The fourth-order valence-corrected chi connectivity index (χ4v) is 2.54. The second-order valence-corrected chi connectivity index (χ2v) is 5.28. The molecule has 0 amide bonds. The first-order chi connectivity index (χ1) is 9.47. The van der Waals surface area contributed by atoms with E-state index in [0.717, 1.165) is 11.1 Å². The average molecular weight is 294 g/mol. The summed E-state index contributed by atoms with van der Waals surface area (Å²) in [5.74, 6) is -0.101. The van der Waals surface area contributed by atoms with Crippen LogP contribution in [0.1, 0.15) is 37.1 Å². The Kier molecular flexibility index (Phi) is 4.63. The predicted molar refractivity (Wildman–Crippen MR) is 79.5 cm³/mol. The Labute approximate surface area is 123 Å². The third kappa shape index (κ3) is 3.50. The second kappa shape index (κ2) is 6.25. The van der Waals surface area contributed by atoms with Crippen LogP contribution >= 0.6 is 11.6 Å². The van der Waals surface area contributed by atoms with Crippen molar-refractivity contribution < 1.29 is 9.50 Å². The zero-order valence-corrected chi connectivity index (χ0v) is 12.2. The molecule has 2 N–H and O–H groups in total. The van der Waals surface area contributed by atoms with Crippen LogP contribution < -0.4 is 5.32 Å². The highest BCUT2D eigenvalue weighted by atomic mass is 35.5. The van der Waals surface area contributed by atoms with E-state index in [1.54, 1.807) is 24.3 Å². The topological polar surface area (TPSA) is 32.3 Å². The van der Waals surface area contributed by atoms with Crippen LogP contribution in [-0.4, -0.2) is 5.11 Å². The molecule has 0 radical (unpaired) electrons. The van der Waals surface area contributed by atoms with Gasteiger partial charge in [0.15, 0.2) is 0 Å². The number of nitrogens with one attached hydrogen (secondary N) is 1. The first-order valence-electron chi connectivity index (χ1n) is 6.47. The molecule has 0 aromatic heterocycles. The first-order valence-corrected chi connectivity index (χ1v) is 6.85. The van der Waals surface area contributed by atoms with Crippen molar-refractivity contribution in [1.82, 2.24) is 5.32 Å². The SMILES string of the molecule is CC(NC(C)c1ccc(F)cc1Cl)c1cccc(O)c1. The molecule has 0 fully saturated rings. The molecule has 0 saturated heterocycles. The third-order valence-corrected chi connectivity index (χ3v) is 3.63. The molecule has 2 unspecified atom stereocenters. The molecule has 0 heterocycles. The van der Waals surface area contributed by atoms with E-state index in [2.05, 4.69) is 5.32 Å². The van der Waals surface area contributed by atoms with Crippen LogP contribution in [0.4, 0.5) is 4.39 Å². The quantitative estimate of drug-likeness (QED) is 0.863. The van der Waals surface area contributed by atoms with Crippen LogP contribution in [0.15, 0.2) is 42.5 Å². The average Bonchev–Trinajstić information content (AvgIpc) is 2.38. The van der Waals surface area contributed by atoms with E-state index in [1.165, 1.54) is 12.1 Å². The Morgan fingerprint density at radius 1 is 1.10 bits per heavy atom. The molecule has 0 bridgehead atoms. The summed E-state index contributed by atoms with van der Waals surface area (Å²) in [6.07, 6.45) is 0. The molecule has 0 aliphatic heterocycles. The van der Waals surface area contributed by atoms with E-state index in [1.807, 2.05) is 19.9 Å². The van der Waals surface area contributed by atoms with E-state index in [0.29, 0.717) is 5.02 Å². The van der Waals surface area contributed by atoms with Crippen LogP contribution in [0.5, 0.6) is 5.75 Å². The van der Waals surface area contributed by atoms with Gasteiger partial charge in [-0.05, 0) is 49.2 Å². The molecule has 0 spiro atoms. The minimum Gasteiger partial charge on any atom is -0.508 e. The van der Waals surface area contributed by atoms with E-state index < -0.39 is 0 Å². The van der Waals surface area contributed by atoms with Crippen molar-refractivity contribution in [2.24, 2.45) is 0 Å². The van der Waals surface area contributed by atoms with Crippen LogP contribution in [0.25, 0.3) is 0 Å². The minimum atomic E-state index is -0.341. The Morgan fingerprint density at radius 3 is 2.50 bits per heavy atom. The monoisotopic (exact) mass is 293 g/mol. The number of phenols is 1. The summed E-state index contributed by atoms with van der Waals surface area (Å²) in [7, 11) is 0. The number of halogens is 2. The maximum atomic E-state index is 13.1. The van der Waals surface area contributed by atoms with Crippen molar-refractivity contribution in [2.45, 2.75) is 25.9 Å². The molecule has 4 heteroatoms. The maximum Gasteiger partial charge on any atom is 0.124 e. The lowest BCUT2D eigenvalue weighted by atomic mass is 10.0. The van der Waals surface area contributed by atoms with Gasteiger partial charge in [-0.25, -0.2) is 4.39 Å². The lowest BCUT2D eigenvalue weighted by molar-refractivity contribution is 0.466. The molecule has 2 nitrogen and oxygen atoms in total. The highest BCUT2D eigenvalue weighted by Crippen LogP contribution is 2.26. The molecule has 106 valence electrons. The summed E-state index contributed by atoms with van der Waals surface area (Å²) in [4.78, 5) is 0. The van der Waals surface area contributed by atoms with E-state index >= 15 is 0 Å². The van der Waals surface area contributed by atoms with Crippen LogP contribution in [0, 0.1) is 5.82 Å². The van der Waals surface area contributed by atoms with E-state index in [4.69, 9.17) is 11.6 Å². The zero-order chi connectivity index (χ0) is 14.7. The normalized spacial score (nSPS) is 14.0. The summed E-state index contributed by atoms with van der Waals surface area (Å²) < 4.78 is 13.1. The molecule has 0 saturated carbocycles. The molecule has 0 aliphatic carbocycles. The van der Waals surface area contributed by atoms with Gasteiger partial charge >= 0.3 is 0 Å². The van der Waals surface area contributed by atoms with Crippen LogP contribution in [0.2, 0.25) is 5.02 Å². The number of benzene rings is 2. The van der Waals surface area contributed by atoms with E-state index in [-0.39, 0.29) is 23.7 Å². The lowest BCUT2D eigenvalue weighted by Gasteiger charge is -2.21. The molecule has 2 rings (SSSR count). The molecule has 0 aliphatic rings. The van der Waals surface area contributed by atoms with Gasteiger partial charge in [-0.15, -0.1) is 0 Å². The number of hydrogen-bond acceptors (Lipinski definition) is 2. The fraction of sp³-hybridized carbons (Fsp3) is 0.250. The van der Waals surface area contributed by atoms with Gasteiger partial charge in [-0.2, -0.15) is 0 Å². The maximum absolute atomic E-state index is 13.1. The van der Waals surface area contributed by atoms with Crippen molar-refractivity contribution in [1.29, 1.82) is 0 Å². The Hall–Kier alpha value is -1.58. The smallest absolute Gasteiger partial charge is 0.124 e. The summed E-state index contributed by atoms with van der Waals surface area (Å²) in [6, 6.07) is 11.5. The zero-order valence-electron chi connectivity index (χ0n) is 11.4. The van der Waals surface area contributed by atoms with Crippen molar-refractivity contribution in [2.75, 3.05) is 0 Å². The van der Waals surface area contributed by atoms with Crippen molar-refractivity contribution in [3.05, 3.63) is 64.4 Å². The molecule has 2 aromatic carbocycles. The molecule has 2 atom stereocenters. The summed E-state index contributed by atoms with van der Waals surface area (Å²) >= 11 is 6.06. The van der Waals surface area contributed by atoms with Gasteiger partial charge in [0.25, 0.3) is 0 Å². The summed E-state index contributed by atoms with van der Waals surface area (Å²) in [5, 5.41) is 13.3. The standard InChI is InChI=1S/C16H17ClFNO/c1-10(12-4-3-5-14(20)8-12)19-11(2)15-7-6-13(18)9-16(15)17/h3-11,19-20H,1-2H3. The molecule has 20 heavy (non-hydrogen) atoms. The van der Waals surface area contributed by atoms with Gasteiger partial charge in [-0.1, -0.05) is 29.8 Å². The van der Waals surface area contributed by atoms with Gasteiger partial charge in [0.1, 0.15) is 11.6 Å². The van der Waals surface area contributed by atoms with Gasteiger partial charge in [0.2, 0.25) is 0 Å². The summed E-state index contributed by atoms with van der Waals surface area (Å²) in [5.41, 5.74) is 1.83. The number of phenolic OH excluding ortho intramolecular Hbond substituents is 1. The number of aromatic hydroxyl groups is 1. The van der Waals surface area contributed by atoms with Crippen LogP contribution in [-0.2, 0) is 0 Å². The van der Waals surface area contributed by atoms with Crippen molar-refractivity contribution >= 4 is 11.6 Å². The molecular weight excluding hydrogens is 277 g/mol. The highest BCUT2D eigenvalue weighted by molar-refractivity contribution is 6.31. The van der Waals surface area contributed by atoms with Gasteiger partial charge in [-0.3, -0.25) is 0 Å². The van der Waals surface area contributed by atoms with Gasteiger partial charge < -0.3 is 10.4 Å². The van der Waals surface area contributed by atoms with E-state index in [9.17, 15) is 9.50 Å². The minimum absolute atomic E-state index is 0.0274. The third-order valence-electron chi connectivity index (χ3n) is 3.30. The Balaban J connectivity index is 2.12.